The van der Waals surface area contributed by atoms with Crippen molar-refractivity contribution in [3.63, 3.8) is 0 Å². The van der Waals surface area contributed by atoms with E-state index < -0.39 is 11.6 Å². The summed E-state index contributed by atoms with van der Waals surface area (Å²) in [6.07, 6.45) is 1.05. The van der Waals surface area contributed by atoms with E-state index in [-0.39, 0.29) is 18.4 Å². The third kappa shape index (κ3) is 5.23. The Bertz CT molecular complexity index is 956. The summed E-state index contributed by atoms with van der Waals surface area (Å²) < 4.78 is 5.16. The van der Waals surface area contributed by atoms with Crippen LogP contribution >= 0.6 is 0 Å². The number of likely N-dealkylation sites (N-methyl/N-ethyl adjacent to an activating group) is 1. The predicted octanol–water partition coefficient (Wildman–Crippen LogP) is 2.91. The first-order valence-electron chi connectivity index (χ1n) is 10.3. The van der Waals surface area contributed by atoms with Gasteiger partial charge >= 0.3 is 6.03 Å². The predicted molar refractivity (Wildman–Crippen MR) is 118 cm³/mol. The summed E-state index contributed by atoms with van der Waals surface area (Å²) in [5.74, 6) is 0.103. The quantitative estimate of drug-likeness (QED) is 0.662. The lowest BCUT2D eigenvalue weighted by molar-refractivity contribution is -0.138. The second-order valence-electron chi connectivity index (χ2n) is 8.24. The monoisotopic (exact) mass is 423 g/mol. The first-order chi connectivity index (χ1) is 14.7. The number of benzene rings is 2. The van der Waals surface area contributed by atoms with Gasteiger partial charge in [-0.3, -0.25) is 14.5 Å². The van der Waals surface area contributed by atoms with Gasteiger partial charge in [-0.1, -0.05) is 42.0 Å². The molecule has 0 spiro atoms. The van der Waals surface area contributed by atoms with Gasteiger partial charge in [-0.25, -0.2) is 4.79 Å². The molecule has 7 heteroatoms. The lowest BCUT2D eigenvalue weighted by Gasteiger charge is -2.23. The molecule has 0 aromatic heterocycles. The molecule has 1 fully saturated rings. The van der Waals surface area contributed by atoms with Crippen molar-refractivity contribution in [2.75, 3.05) is 20.7 Å². The number of methoxy groups -OCH3 is 1. The fourth-order valence-electron chi connectivity index (χ4n) is 3.56. The summed E-state index contributed by atoms with van der Waals surface area (Å²) in [7, 11) is 3.28. The fraction of sp³-hybridized carbons (Fsp3) is 0.375. The number of rotatable bonds is 8. The van der Waals surface area contributed by atoms with Gasteiger partial charge in [-0.05, 0) is 49.9 Å². The molecule has 0 unspecified atom stereocenters. The molecule has 31 heavy (non-hydrogen) atoms. The van der Waals surface area contributed by atoms with E-state index in [0.717, 1.165) is 27.3 Å². The van der Waals surface area contributed by atoms with Gasteiger partial charge in [0.25, 0.3) is 5.91 Å². The average molecular weight is 424 g/mol. The molecule has 2 aromatic rings. The van der Waals surface area contributed by atoms with Gasteiger partial charge in [0.15, 0.2) is 0 Å². The number of carbonyl (C=O) groups excluding carboxylic acids is 3. The molecule has 0 aliphatic carbocycles. The summed E-state index contributed by atoms with van der Waals surface area (Å²) in [6.45, 7) is 3.85. The van der Waals surface area contributed by atoms with Crippen molar-refractivity contribution in [3.8, 4) is 5.75 Å². The average Bonchev–Trinajstić information content (AvgIpc) is 2.97. The first-order valence-corrected chi connectivity index (χ1v) is 10.3. The van der Waals surface area contributed by atoms with Crippen LogP contribution in [0.5, 0.6) is 5.75 Å². The van der Waals surface area contributed by atoms with Crippen LogP contribution in [-0.4, -0.2) is 53.9 Å². The molecule has 1 aliphatic heterocycles. The van der Waals surface area contributed by atoms with E-state index in [1.165, 1.54) is 4.90 Å². The van der Waals surface area contributed by atoms with Gasteiger partial charge < -0.3 is 15.0 Å². The maximum Gasteiger partial charge on any atom is 0.325 e. The number of imide groups is 1. The topological polar surface area (TPSA) is 79.0 Å². The van der Waals surface area contributed by atoms with Crippen molar-refractivity contribution in [2.45, 2.75) is 38.8 Å². The Morgan fingerprint density at radius 2 is 1.68 bits per heavy atom. The smallest absolute Gasteiger partial charge is 0.325 e. The lowest BCUT2D eigenvalue weighted by atomic mass is 9.93. The maximum absolute atomic E-state index is 13.0. The van der Waals surface area contributed by atoms with E-state index in [9.17, 15) is 14.4 Å². The van der Waals surface area contributed by atoms with Crippen LogP contribution in [0.4, 0.5) is 4.79 Å². The molecule has 1 N–H and O–H groups in total. The summed E-state index contributed by atoms with van der Waals surface area (Å²) >= 11 is 0. The van der Waals surface area contributed by atoms with Gasteiger partial charge in [-0.2, -0.15) is 0 Å². The second-order valence-corrected chi connectivity index (χ2v) is 8.24. The third-order valence-corrected chi connectivity index (χ3v) is 5.68. The fourth-order valence-corrected chi connectivity index (χ4v) is 3.56. The zero-order valence-electron chi connectivity index (χ0n) is 18.5. The van der Waals surface area contributed by atoms with Gasteiger partial charge in [0.05, 0.1) is 7.11 Å². The summed E-state index contributed by atoms with van der Waals surface area (Å²) in [5.41, 5.74) is 2.14. The molecule has 2 aromatic carbocycles. The van der Waals surface area contributed by atoms with Gasteiger partial charge in [-0.15, -0.1) is 0 Å². The molecular formula is C24H29N3O4. The Morgan fingerprint density at radius 3 is 2.29 bits per heavy atom. The minimum absolute atomic E-state index is 0.273. The Hall–Kier alpha value is -3.35. The molecule has 164 valence electrons. The van der Waals surface area contributed by atoms with Crippen molar-refractivity contribution in [1.82, 2.24) is 15.1 Å². The molecular weight excluding hydrogens is 394 g/mol. The zero-order valence-corrected chi connectivity index (χ0v) is 18.5. The molecule has 1 saturated heterocycles. The van der Waals surface area contributed by atoms with Crippen LogP contribution in [0, 0.1) is 6.92 Å². The van der Waals surface area contributed by atoms with Crippen LogP contribution in [0.15, 0.2) is 48.5 Å². The van der Waals surface area contributed by atoms with Crippen LogP contribution in [-0.2, 0) is 22.6 Å². The summed E-state index contributed by atoms with van der Waals surface area (Å²) in [5, 5.41) is 2.77. The SMILES string of the molecule is COc1ccc(CC[C@@]2(C)NC(=O)N(CC(=O)N(C)Cc3ccc(C)cc3)C2=O)cc1. The number of nitrogens with zero attached hydrogens (tertiary/aromatic N) is 2. The molecule has 0 saturated carbocycles. The van der Waals surface area contributed by atoms with Crippen molar-refractivity contribution in [1.29, 1.82) is 0 Å². The molecule has 3 rings (SSSR count). The molecule has 1 aliphatic rings. The zero-order chi connectivity index (χ0) is 22.6. The highest BCUT2D eigenvalue weighted by molar-refractivity contribution is 6.08. The van der Waals surface area contributed by atoms with Crippen molar-refractivity contribution in [2.24, 2.45) is 0 Å². The second kappa shape index (κ2) is 9.20. The number of nitrogens with one attached hydrogen (secondary N) is 1. The van der Waals surface area contributed by atoms with Crippen molar-refractivity contribution < 1.29 is 19.1 Å². The number of urea groups is 1. The van der Waals surface area contributed by atoms with Gasteiger partial charge in [0, 0.05) is 13.6 Å². The Balaban J connectivity index is 1.59. The summed E-state index contributed by atoms with van der Waals surface area (Å²) in [6, 6.07) is 15.0. The highest BCUT2D eigenvalue weighted by atomic mass is 16.5. The minimum atomic E-state index is -1.03. The van der Waals surface area contributed by atoms with Crippen LogP contribution in [0.1, 0.15) is 30.0 Å². The number of amides is 4. The van der Waals surface area contributed by atoms with Gasteiger partial charge in [0.2, 0.25) is 5.91 Å². The molecule has 0 radical (unpaired) electrons. The Labute approximate surface area is 183 Å². The van der Waals surface area contributed by atoms with E-state index in [4.69, 9.17) is 4.74 Å². The van der Waals surface area contributed by atoms with E-state index in [0.29, 0.717) is 19.4 Å². The number of aryl methyl sites for hydroxylation is 2. The number of carbonyl (C=O) groups is 3. The van der Waals surface area contributed by atoms with Crippen molar-refractivity contribution >= 4 is 17.8 Å². The molecule has 1 heterocycles. The van der Waals surface area contributed by atoms with Crippen LogP contribution in [0.2, 0.25) is 0 Å². The van der Waals surface area contributed by atoms with Gasteiger partial charge in [0.1, 0.15) is 17.8 Å². The first kappa shape index (κ1) is 22.3. The third-order valence-electron chi connectivity index (χ3n) is 5.68. The molecule has 4 amide bonds. The number of hydrogen-bond acceptors (Lipinski definition) is 4. The summed E-state index contributed by atoms with van der Waals surface area (Å²) in [4.78, 5) is 40.6. The van der Waals surface area contributed by atoms with Crippen LogP contribution in [0.3, 0.4) is 0 Å². The molecule has 1 atom stereocenters. The lowest BCUT2D eigenvalue weighted by Crippen LogP contribution is -2.45. The number of ether oxygens (including phenoxy) is 1. The molecule has 7 nitrogen and oxygen atoms in total. The Kier molecular flexibility index (Phi) is 6.63. The van der Waals surface area contributed by atoms with Crippen molar-refractivity contribution in [3.05, 3.63) is 65.2 Å². The highest BCUT2D eigenvalue weighted by Crippen LogP contribution is 2.24. The largest absolute Gasteiger partial charge is 0.497 e. The normalized spacial score (nSPS) is 18.1. The Morgan fingerprint density at radius 1 is 1.06 bits per heavy atom. The van der Waals surface area contributed by atoms with E-state index in [1.54, 1.807) is 21.1 Å². The highest BCUT2D eigenvalue weighted by Gasteiger charge is 2.48. The standard InChI is InChI=1S/C24H29N3O4/c1-17-5-7-19(8-6-17)15-26(3)21(28)16-27-22(29)24(2,25-23(27)30)14-13-18-9-11-20(31-4)12-10-18/h5-12H,13-16H2,1-4H3,(H,25,30)/t24-/m1/s1. The van der Waals surface area contributed by atoms with Crippen LogP contribution in [0.25, 0.3) is 0 Å². The minimum Gasteiger partial charge on any atom is -0.497 e. The van der Waals surface area contributed by atoms with Crippen LogP contribution < -0.4 is 10.1 Å². The van der Waals surface area contributed by atoms with E-state index in [1.807, 2.05) is 55.5 Å². The van der Waals surface area contributed by atoms with E-state index in [2.05, 4.69) is 5.32 Å². The number of hydrogen-bond donors (Lipinski definition) is 1. The maximum atomic E-state index is 13.0. The van der Waals surface area contributed by atoms with E-state index >= 15 is 0 Å². The molecule has 0 bridgehead atoms.